The first kappa shape index (κ1) is 14.5. The lowest BCUT2D eigenvalue weighted by atomic mass is 10.1. The predicted octanol–water partition coefficient (Wildman–Crippen LogP) is 3.82. The normalized spacial score (nSPS) is 12.2. The average Bonchev–Trinajstić information content (AvgIpc) is 2.46. The molecule has 2 aromatic rings. The van der Waals surface area contributed by atoms with Gasteiger partial charge in [-0.15, -0.1) is 0 Å². The molecule has 0 fully saturated rings. The van der Waals surface area contributed by atoms with Crippen LogP contribution in [-0.2, 0) is 6.54 Å². The fourth-order valence-electron chi connectivity index (χ4n) is 1.94. The summed E-state index contributed by atoms with van der Waals surface area (Å²) in [5.74, 6) is -0.292. The maximum atomic E-state index is 13.5. The van der Waals surface area contributed by atoms with E-state index in [1.165, 1.54) is 12.1 Å². The fraction of sp³-hybridized carbons (Fsp3) is 0.250. The van der Waals surface area contributed by atoms with Gasteiger partial charge in [0.1, 0.15) is 17.4 Å². The molecule has 0 spiro atoms. The number of hydrogen-bond donors (Lipinski definition) is 1. The minimum absolute atomic E-state index is 0.0605. The topological polar surface area (TPSA) is 21.3 Å². The van der Waals surface area contributed by atoms with Crippen LogP contribution < -0.4 is 10.1 Å². The molecule has 0 aliphatic carbocycles. The first-order chi connectivity index (χ1) is 9.60. The number of benzene rings is 2. The van der Waals surface area contributed by atoms with Gasteiger partial charge in [0.2, 0.25) is 0 Å². The monoisotopic (exact) mass is 277 g/mol. The van der Waals surface area contributed by atoms with E-state index >= 15 is 0 Å². The molecule has 0 bridgehead atoms. The van der Waals surface area contributed by atoms with Crippen molar-refractivity contribution in [3.05, 3.63) is 65.2 Å². The van der Waals surface area contributed by atoms with Crippen LogP contribution in [0, 0.1) is 11.6 Å². The molecule has 106 valence electrons. The molecule has 1 N–H and O–H groups in total. The third-order valence-electron chi connectivity index (χ3n) is 3.23. The molecule has 2 aromatic carbocycles. The van der Waals surface area contributed by atoms with Crippen LogP contribution in [0.5, 0.6) is 5.75 Å². The van der Waals surface area contributed by atoms with Crippen molar-refractivity contribution in [3.63, 3.8) is 0 Å². The second kappa shape index (κ2) is 6.48. The summed E-state index contributed by atoms with van der Waals surface area (Å²) in [6.45, 7) is 2.34. The van der Waals surface area contributed by atoms with Crippen molar-refractivity contribution < 1.29 is 13.5 Å². The molecular formula is C16H17F2NO. The number of ether oxygens (including phenoxy) is 1. The van der Waals surface area contributed by atoms with Crippen LogP contribution in [-0.4, -0.2) is 7.11 Å². The van der Waals surface area contributed by atoms with Crippen molar-refractivity contribution in [3.8, 4) is 5.75 Å². The highest BCUT2D eigenvalue weighted by molar-refractivity contribution is 5.29. The number of hydrogen-bond acceptors (Lipinski definition) is 2. The molecule has 2 rings (SSSR count). The zero-order chi connectivity index (χ0) is 14.5. The van der Waals surface area contributed by atoms with Crippen molar-refractivity contribution in [1.29, 1.82) is 0 Å². The molecule has 0 aromatic heterocycles. The van der Waals surface area contributed by atoms with Gasteiger partial charge in [-0.05, 0) is 30.7 Å². The molecular weight excluding hydrogens is 260 g/mol. The van der Waals surface area contributed by atoms with Crippen molar-refractivity contribution in [2.45, 2.75) is 19.5 Å². The lowest BCUT2D eigenvalue weighted by Crippen LogP contribution is -2.18. The summed E-state index contributed by atoms with van der Waals surface area (Å²) in [6.07, 6.45) is 0. The zero-order valence-electron chi connectivity index (χ0n) is 11.5. The molecule has 0 radical (unpaired) electrons. The van der Waals surface area contributed by atoms with E-state index in [1.807, 2.05) is 31.2 Å². The quantitative estimate of drug-likeness (QED) is 0.897. The first-order valence-electron chi connectivity index (χ1n) is 6.41. The molecule has 0 saturated heterocycles. The smallest absolute Gasteiger partial charge is 0.130 e. The van der Waals surface area contributed by atoms with E-state index in [9.17, 15) is 8.78 Å². The molecule has 4 heteroatoms. The molecule has 0 aliphatic heterocycles. The Bertz CT molecular complexity index is 569. The Kier molecular flexibility index (Phi) is 4.69. The second-order valence-corrected chi connectivity index (χ2v) is 4.61. The molecule has 20 heavy (non-hydrogen) atoms. The minimum Gasteiger partial charge on any atom is -0.497 e. The summed E-state index contributed by atoms with van der Waals surface area (Å²) < 4.78 is 31.4. The van der Waals surface area contributed by atoms with Gasteiger partial charge in [0.15, 0.2) is 0 Å². The number of rotatable bonds is 5. The van der Waals surface area contributed by atoms with E-state index in [0.29, 0.717) is 12.1 Å². The van der Waals surface area contributed by atoms with E-state index in [4.69, 9.17) is 4.74 Å². The van der Waals surface area contributed by atoms with Crippen LogP contribution in [0.2, 0.25) is 0 Å². The Labute approximate surface area is 117 Å². The lowest BCUT2D eigenvalue weighted by molar-refractivity contribution is 0.414. The van der Waals surface area contributed by atoms with E-state index in [0.717, 1.165) is 17.4 Å². The summed E-state index contributed by atoms with van der Waals surface area (Å²) >= 11 is 0. The summed E-state index contributed by atoms with van der Waals surface area (Å²) in [6, 6.07) is 11.4. The van der Waals surface area contributed by atoms with Gasteiger partial charge in [0.25, 0.3) is 0 Å². The van der Waals surface area contributed by atoms with Gasteiger partial charge in [-0.3, -0.25) is 0 Å². The van der Waals surface area contributed by atoms with E-state index in [1.54, 1.807) is 7.11 Å². The van der Waals surface area contributed by atoms with Gasteiger partial charge in [-0.1, -0.05) is 18.2 Å². The van der Waals surface area contributed by atoms with Gasteiger partial charge in [0.05, 0.1) is 7.11 Å². The molecule has 0 aliphatic rings. The van der Waals surface area contributed by atoms with Crippen LogP contribution in [0.3, 0.4) is 0 Å². The number of nitrogens with one attached hydrogen (secondary N) is 1. The highest BCUT2D eigenvalue weighted by Gasteiger charge is 2.08. The van der Waals surface area contributed by atoms with Crippen molar-refractivity contribution in [1.82, 2.24) is 5.32 Å². The Hall–Kier alpha value is -1.94. The lowest BCUT2D eigenvalue weighted by Gasteiger charge is -2.15. The fourth-order valence-corrected chi connectivity index (χ4v) is 1.94. The van der Waals surface area contributed by atoms with Crippen molar-refractivity contribution >= 4 is 0 Å². The Balaban J connectivity index is 1.98. The maximum absolute atomic E-state index is 13.5. The van der Waals surface area contributed by atoms with E-state index in [-0.39, 0.29) is 6.04 Å². The van der Waals surface area contributed by atoms with E-state index < -0.39 is 11.6 Å². The summed E-state index contributed by atoms with van der Waals surface area (Å²) in [5.41, 5.74) is 1.53. The largest absolute Gasteiger partial charge is 0.497 e. The molecule has 0 amide bonds. The Morgan fingerprint density at radius 1 is 1.10 bits per heavy atom. The third kappa shape index (κ3) is 3.54. The summed E-state index contributed by atoms with van der Waals surface area (Å²) in [4.78, 5) is 0. The molecule has 1 atom stereocenters. The summed E-state index contributed by atoms with van der Waals surface area (Å²) in [7, 11) is 1.62. The molecule has 0 heterocycles. The SMILES string of the molecule is COc1ccc([C@H](C)NCc2ccc(F)cc2F)cc1. The zero-order valence-corrected chi connectivity index (χ0v) is 11.5. The standard InChI is InChI=1S/C16H17F2NO/c1-11(12-4-7-15(20-2)8-5-12)19-10-13-3-6-14(17)9-16(13)18/h3-9,11,19H,10H2,1-2H3/t11-/m0/s1. The molecule has 2 nitrogen and oxygen atoms in total. The van der Waals surface area contributed by atoms with Gasteiger partial charge in [-0.2, -0.15) is 0 Å². The number of halogens is 2. The van der Waals surface area contributed by atoms with Gasteiger partial charge in [0, 0.05) is 24.2 Å². The average molecular weight is 277 g/mol. The van der Waals surface area contributed by atoms with Gasteiger partial charge < -0.3 is 10.1 Å². The Morgan fingerprint density at radius 3 is 2.40 bits per heavy atom. The Morgan fingerprint density at radius 2 is 1.80 bits per heavy atom. The van der Waals surface area contributed by atoms with Crippen LogP contribution >= 0.6 is 0 Å². The van der Waals surface area contributed by atoms with Crippen molar-refractivity contribution in [2.75, 3.05) is 7.11 Å². The first-order valence-corrected chi connectivity index (χ1v) is 6.41. The minimum atomic E-state index is -0.561. The predicted molar refractivity (Wildman–Crippen MR) is 74.6 cm³/mol. The number of methoxy groups -OCH3 is 1. The van der Waals surface area contributed by atoms with Crippen molar-refractivity contribution in [2.24, 2.45) is 0 Å². The van der Waals surface area contributed by atoms with Crippen LogP contribution in [0.1, 0.15) is 24.1 Å². The maximum Gasteiger partial charge on any atom is 0.130 e. The van der Waals surface area contributed by atoms with E-state index in [2.05, 4.69) is 5.32 Å². The summed E-state index contributed by atoms with van der Waals surface area (Å²) in [5, 5.41) is 3.21. The molecule has 0 unspecified atom stereocenters. The van der Waals surface area contributed by atoms with Gasteiger partial charge in [-0.25, -0.2) is 8.78 Å². The highest BCUT2D eigenvalue weighted by atomic mass is 19.1. The van der Waals surface area contributed by atoms with Crippen LogP contribution in [0.15, 0.2) is 42.5 Å². The molecule has 0 saturated carbocycles. The van der Waals surface area contributed by atoms with Crippen LogP contribution in [0.25, 0.3) is 0 Å². The van der Waals surface area contributed by atoms with Crippen LogP contribution in [0.4, 0.5) is 8.78 Å². The van der Waals surface area contributed by atoms with Gasteiger partial charge >= 0.3 is 0 Å². The highest BCUT2D eigenvalue weighted by Crippen LogP contribution is 2.18. The second-order valence-electron chi connectivity index (χ2n) is 4.61. The third-order valence-corrected chi connectivity index (χ3v) is 3.23.